The molecule has 4 nitrogen and oxygen atoms in total. The van der Waals surface area contributed by atoms with E-state index in [-0.39, 0.29) is 1.43 Å². The summed E-state index contributed by atoms with van der Waals surface area (Å²) in [7, 11) is 1.38. The number of aromatic amines is 1. The topological polar surface area (TPSA) is 62.3 Å². The Morgan fingerprint density at radius 1 is 1.82 bits per heavy atom. The zero-order valence-corrected chi connectivity index (χ0v) is 6.07. The van der Waals surface area contributed by atoms with Crippen LogP contribution in [0.4, 0.5) is 0 Å². The van der Waals surface area contributed by atoms with Crippen molar-refractivity contribution in [3.05, 3.63) is 23.5 Å². The van der Waals surface area contributed by atoms with Crippen LogP contribution in [-0.2, 0) is 4.74 Å². The fraction of sp³-hybridized carbons (Fsp3) is 0.286. The average molecular weight is 157 g/mol. The lowest BCUT2D eigenvalue weighted by atomic mass is 10.4. The van der Waals surface area contributed by atoms with E-state index in [0.29, 0.717) is 17.7 Å². The quantitative estimate of drug-likeness (QED) is 0.501. The Balaban J connectivity index is 0.00000121. The molecule has 0 saturated heterocycles. The second kappa shape index (κ2) is 3.32. The third kappa shape index (κ3) is 1.66. The van der Waals surface area contributed by atoms with Crippen molar-refractivity contribution in [3.8, 4) is 0 Å². The van der Waals surface area contributed by atoms with Gasteiger partial charge in [-0.25, -0.2) is 0 Å². The van der Waals surface area contributed by atoms with Gasteiger partial charge in [0.25, 0.3) is 0 Å². The van der Waals surface area contributed by atoms with E-state index in [2.05, 4.69) is 9.72 Å². The van der Waals surface area contributed by atoms with Gasteiger partial charge < -0.3 is 14.8 Å². The van der Waals surface area contributed by atoms with Crippen LogP contribution in [0.2, 0.25) is 0 Å². The number of ether oxygens (including phenoxy) is 1. The van der Waals surface area contributed by atoms with Crippen molar-refractivity contribution in [1.29, 1.82) is 0 Å². The molecule has 0 aliphatic carbocycles. The smallest absolute Gasteiger partial charge is 0.196 e. The van der Waals surface area contributed by atoms with Crippen LogP contribution in [0.25, 0.3) is 0 Å². The Hall–Kier alpha value is -1.13. The van der Waals surface area contributed by atoms with Gasteiger partial charge in [-0.05, 0) is 12.1 Å². The zero-order valence-electron chi connectivity index (χ0n) is 6.07. The number of hydrogen-bond donors (Lipinski definition) is 2. The third-order valence-corrected chi connectivity index (χ3v) is 1.35. The number of H-pyrrole nitrogens is 1. The molecule has 0 amide bonds. The number of methoxy groups -OCH3 is 1. The predicted molar refractivity (Wildman–Crippen MR) is 40.3 cm³/mol. The molecular weight excluding hydrogens is 146 g/mol. The lowest BCUT2D eigenvalue weighted by Crippen LogP contribution is -1.99. The third-order valence-electron chi connectivity index (χ3n) is 1.35. The summed E-state index contributed by atoms with van der Waals surface area (Å²) in [5.74, 6) is 0. The highest BCUT2D eigenvalue weighted by Gasteiger charge is 2.06. The second-order valence-corrected chi connectivity index (χ2v) is 2.07. The molecule has 1 aromatic rings. The minimum absolute atomic E-state index is 0. The van der Waals surface area contributed by atoms with Gasteiger partial charge in [0, 0.05) is 8.54 Å². The van der Waals surface area contributed by atoms with Gasteiger partial charge in [0.05, 0.1) is 11.4 Å². The molecule has 0 aliphatic heterocycles. The maximum Gasteiger partial charge on any atom is 0.196 e. The first-order chi connectivity index (χ1) is 5.27. The summed E-state index contributed by atoms with van der Waals surface area (Å²) < 4.78 is 4.60. The van der Waals surface area contributed by atoms with Gasteiger partial charge in [-0.3, -0.25) is 4.79 Å². The van der Waals surface area contributed by atoms with Crippen molar-refractivity contribution >= 4 is 6.29 Å². The van der Waals surface area contributed by atoms with Crippen LogP contribution < -0.4 is 0 Å². The molecular formula is C7H11NO3. The molecule has 0 bridgehead atoms. The molecule has 1 rings (SSSR count). The number of rotatable bonds is 3. The summed E-state index contributed by atoms with van der Waals surface area (Å²) in [5, 5.41) is 9.07. The summed E-state index contributed by atoms with van der Waals surface area (Å²) in [6.07, 6.45) is -0.310. The first-order valence-corrected chi connectivity index (χ1v) is 3.13. The highest BCUT2D eigenvalue weighted by molar-refractivity contribution is 5.71. The number of aliphatic hydroxyl groups excluding tert-OH is 1. The standard InChI is InChI=1S/C7H9NO3.H2/c1-11-7(10)6-3-2-5(4-9)8-6;/h2-4,7-8,10H,1H3;1H. The normalized spacial score (nSPS) is 12.9. The van der Waals surface area contributed by atoms with Gasteiger partial charge in [-0.15, -0.1) is 0 Å². The Morgan fingerprint density at radius 3 is 3.00 bits per heavy atom. The molecule has 1 unspecified atom stereocenters. The van der Waals surface area contributed by atoms with Crippen LogP contribution in [0.5, 0.6) is 0 Å². The first-order valence-electron chi connectivity index (χ1n) is 3.13. The van der Waals surface area contributed by atoms with Crippen LogP contribution in [0, 0.1) is 0 Å². The number of nitrogens with one attached hydrogen (secondary N) is 1. The van der Waals surface area contributed by atoms with Crippen molar-refractivity contribution in [1.82, 2.24) is 4.98 Å². The summed E-state index contributed by atoms with van der Waals surface area (Å²) in [6.45, 7) is 0. The second-order valence-electron chi connectivity index (χ2n) is 2.07. The molecule has 2 N–H and O–H groups in total. The SMILES string of the molecule is COC(O)c1ccc(C=O)[nH]1.[HH]. The molecule has 0 spiro atoms. The van der Waals surface area contributed by atoms with Crippen LogP contribution in [0.3, 0.4) is 0 Å². The van der Waals surface area contributed by atoms with Crippen molar-refractivity contribution in [3.63, 3.8) is 0 Å². The van der Waals surface area contributed by atoms with Crippen LogP contribution in [0.15, 0.2) is 12.1 Å². The number of carbonyl (C=O) groups is 1. The predicted octanol–water partition coefficient (Wildman–Crippen LogP) is 0.711. The van der Waals surface area contributed by atoms with E-state index in [0.717, 1.165) is 0 Å². The number of carbonyl (C=O) groups excluding carboxylic acids is 1. The van der Waals surface area contributed by atoms with Crippen LogP contribution >= 0.6 is 0 Å². The van der Waals surface area contributed by atoms with E-state index in [9.17, 15) is 4.79 Å². The molecule has 0 fully saturated rings. The fourth-order valence-electron chi connectivity index (χ4n) is 0.769. The lowest BCUT2D eigenvalue weighted by Gasteiger charge is -2.04. The highest BCUT2D eigenvalue weighted by Crippen LogP contribution is 2.10. The maximum atomic E-state index is 10.2. The van der Waals surface area contributed by atoms with E-state index < -0.39 is 6.29 Å². The van der Waals surface area contributed by atoms with Crippen molar-refractivity contribution < 1.29 is 16.1 Å². The Labute approximate surface area is 65.3 Å². The van der Waals surface area contributed by atoms with E-state index in [4.69, 9.17) is 5.11 Å². The molecule has 0 aromatic carbocycles. The first kappa shape index (κ1) is 7.97. The maximum absolute atomic E-state index is 10.2. The number of aldehydes is 1. The Bertz CT molecular complexity index is 249. The van der Waals surface area contributed by atoms with Gasteiger partial charge in [0.15, 0.2) is 12.6 Å². The van der Waals surface area contributed by atoms with Crippen molar-refractivity contribution in [2.45, 2.75) is 6.29 Å². The fourth-order valence-corrected chi connectivity index (χ4v) is 0.769. The monoisotopic (exact) mass is 157 g/mol. The highest BCUT2D eigenvalue weighted by atomic mass is 16.6. The molecule has 1 atom stereocenters. The molecule has 0 saturated carbocycles. The summed E-state index contributed by atoms with van der Waals surface area (Å²) >= 11 is 0. The zero-order chi connectivity index (χ0) is 8.27. The Kier molecular flexibility index (Phi) is 2.40. The van der Waals surface area contributed by atoms with E-state index in [1.54, 1.807) is 12.1 Å². The summed E-state index contributed by atoms with van der Waals surface area (Å²) in [5.41, 5.74) is 0.908. The average Bonchev–Trinajstić information content (AvgIpc) is 2.50. The van der Waals surface area contributed by atoms with Crippen LogP contribution in [0.1, 0.15) is 23.9 Å². The van der Waals surface area contributed by atoms with Crippen molar-refractivity contribution in [2.24, 2.45) is 0 Å². The summed E-state index contributed by atoms with van der Waals surface area (Å²) in [6, 6.07) is 3.17. The van der Waals surface area contributed by atoms with Gasteiger partial charge in [-0.1, -0.05) is 0 Å². The molecule has 62 valence electrons. The number of hydrogen-bond acceptors (Lipinski definition) is 3. The number of aromatic nitrogens is 1. The van der Waals surface area contributed by atoms with Gasteiger partial charge in [0.2, 0.25) is 0 Å². The molecule has 1 aromatic heterocycles. The molecule has 11 heavy (non-hydrogen) atoms. The van der Waals surface area contributed by atoms with Gasteiger partial charge >= 0.3 is 0 Å². The van der Waals surface area contributed by atoms with Gasteiger partial charge in [0.1, 0.15) is 0 Å². The number of aliphatic hydroxyl groups is 1. The van der Waals surface area contributed by atoms with Crippen molar-refractivity contribution in [2.75, 3.05) is 7.11 Å². The minimum atomic E-state index is -0.983. The van der Waals surface area contributed by atoms with E-state index >= 15 is 0 Å². The van der Waals surface area contributed by atoms with E-state index in [1.807, 2.05) is 0 Å². The minimum Gasteiger partial charge on any atom is -0.363 e. The molecule has 0 radical (unpaired) electrons. The lowest BCUT2D eigenvalue weighted by molar-refractivity contribution is -0.0795. The molecule has 1 heterocycles. The molecule has 0 aliphatic rings. The van der Waals surface area contributed by atoms with Gasteiger partial charge in [-0.2, -0.15) is 0 Å². The largest absolute Gasteiger partial charge is 0.363 e. The Morgan fingerprint density at radius 2 is 2.55 bits per heavy atom. The molecule has 4 heteroatoms. The summed E-state index contributed by atoms with van der Waals surface area (Å²) in [4.78, 5) is 12.8. The van der Waals surface area contributed by atoms with E-state index in [1.165, 1.54) is 7.11 Å². The van der Waals surface area contributed by atoms with Crippen LogP contribution in [-0.4, -0.2) is 23.5 Å².